The number of amides is 2. The molecule has 4 aliphatic rings. The summed E-state index contributed by atoms with van der Waals surface area (Å²) in [7, 11) is 0. The van der Waals surface area contributed by atoms with Gasteiger partial charge in [0.2, 0.25) is 5.91 Å². The molecule has 1 aromatic rings. The highest BCUT2D eigenvalue weighted by atomic mass is 35.5. The van der Waals surface area contributed by atoms with Gasteiger partial charge >= 0.3 is 5.97 Å². The molecule has 0 aromatic heterocycles. The number of para-hydroxylation sites is 1. The van der Waals surface area contributed by atoms with Crippen molar-refractivity contribution in [3.8, 4) is 0 Å². The van der Waals surface area contributed by atoms with Crippen LogP contribution < -0.4 is 4.90 Å². The molecule has 9 heteroatoms. The van der Waals surface area contributed by atoms with Gasteiger partial charge in [0.25, 0.3) is 5.91 Å². The van der Waals surface area contributed by atoms with E-state index in [0.29, 0.717) is 43.1 Å². The number of anilines is 1. The summed E-state index contributed by atoms with van der Waals surface area (Å²) in [6.45, 7) is 2.89. The predicted molar refractivity (Wildman–Crippen MR) is 135 cm³/mol. The van der Waals surface area contributed by atoms with Crippen molar-refractivity contribution in [3.63, 3.8) is 0 Å². The lowest BCUT2D eigenvalue weighted by Crippen LogP contribution is -2.53. The van der Waals surface area contributed by atoms with Crippen LogP contribution in [0.15, 0.2) is 48.6 Å². The van der Waals surface area contributed by atoms with Gasteiger partial charge < -0.3 is 19.6 Å². The summed E-state index contributed by atoms with van der Waals surface area (Å²) in [5.41, 5.74) is 0.589. The minimum absolute atomic E-state index is 0.00737. The Bertz CT molecular complexity index is 1110. The number of carbonyl (C=O) groups excluding carboxylic acids is 3. The largest absolute Gasteiger partial charge is 0.465 e. The normalized spacial score (nSPS) is 34.1. The molecule has 2 saturated heterocycles. The van der Waals surface area contributed by atoms with Crippen molar-refractivity contribution in [1.82, 2.24) is 4.90 Å². The number of aliphatic hydroxyl groups excluding tert-OH is 1. The molecule has 0 radical (unpaired) electrons. The zero-order valence-corrected chi connectivity index (χ0v) is 21.1. The molecular formula is C26H29ClN2O5S. The number of benzene rings is 1. The molecule has 1 aromatic carbocycles. The highest BCUT2D eigenvalue weighted by Crippen LogP contribution is 2.65. The van der Waals surface area contributed by atoms with Crippen LogP contribution in [0.25, 0.3) is 0 Å². The Hall–Kier alpha value is -2.29. The average Bonchev–Trinajstić information content (AvgIpc) is 3.14. The molecule has 1 unspecified atom stereocenters. The van der Waals surface area contributed by atoms with Gasteiger partial charge in [0.15, 0.2) is 0 Å². The van der Waals surface area contributed by atoms with Crippen molar-refractivity contribution in [1.29, 1.82) is 0 Å². The van der Waals surface area contributed by atoms with Gasteiger partial charge in [-0.05, 0) is 38.3 Å². The van der Waals surface area contributed by atoms with Crippen molar-refractivity contribution in [3.05, 3.63) is 53.6 Å². The number of aliphatic hydroxyl groups is 1. The van der Waals surface area contributed by atoms with Crippen molar-refractivity contribution < 1.29 is 24.2 Å². The van der Waals surface area contributed by atoms with E-state index in [-0.39, 0.29) is 31.0 Å². The standard InChI is InChI=1S/C26H29ClN2O5S/c1-25-11-4-7-16-34-24(33)20(25)19-22(31)29(13-5-6-15-30)21-23(32)28(14-8-12-26(19,21)35-25)18-10-3-2-9-17(18)27/h2-4,8-12,19-21,30H,5-7,13-16H2,1H3/t19-,20+,21?,25-,26-/m0/s1. The van der Waals surface area contributed by atoms with E-state index in [1.165, 1.54) is 11.8 Å². The zero-order valence-electron chi connectivity index (χ0n) is 19.6. The molecule has 4 heterocycles. The molecule has 0 bridgehead atoms. The second-order valence-electron chi connectivity index (χ2n) is 9.62. The van der Waals surface area contributed by atoms with Crippen LogP contribution in [-0.2, 0) is 19.1 Å². The van der Waals surface area contributed by atoms with Crippen molar-refractivity contribution in [2.45, 2.75) is 41.7 Å². The molecule has 2 amide bonds. The third-order valence-corrected chi connectivity index (χ3v) is 9.59. The van der Waals surface area contributed by atoms with E-state index in [0.717, 1.165) is 0 Å². The van der Waals surface area contributed by atoms with Crippen molar-refractivity contribution in [2.75, 3.05) is 31.2 Å². The number of likely N-dealkylation sites (tertiary alicyclic amines) is 1. The van der Waals surface area contributed by atoms with Gasteiger partial charge in [0, 0.05) is 24.4 Å². The summed E-state index contributed by atoms with van der Waals surface area (Å²) < 4.78 is 3.95. The van der Waals surface area contributed by atoms with Crippen LogP contribution in [0, 0.1) is 11.8 Å². The first-order valence-electron chi connectivity index (χ1n) is 12.0. The SMILES string of the molecule is C[C@]12C=CCCOC(=O)[C@H]1[C@H]1C(=O)N(CCCCO)C3C(=O)N(c4ccccc4Cl)CC=C[C@@]31S2. The lowest BCUT2D eigenvalue weighted by Gasteiger charge is -2.37. The Morgan fingerprint density at radius 1 is 1.11 bits per heavy atom. The molecule has 7 nitrogen and oxygen atoms in total. The Morgan fingerprint density at radius 3 is 2.69 bits per heavy atom. The fourth-order valence-electron chi connectivity index (χ4n) is 6.01. The number of halogens is 1. The predicted octanol–water partition coefficient (Wildman–Crippen LogP) is 3.21. The maximum atomic E-state index is 14.3. The highest BCUT2D eigenvalue weighted by Gasteiger charge is 2.73. The van der Waals surface area contributed by atoms with Gasteiger partial charge in [-0.1, -0.05) is 48.0 Å². The monoisotopic (exact) mass is 516 g/mol. The van der Waals surface area contributed by atoms with Crippen LogP contribution in [0.4, 0.5) is 5.69 Å². The van der Waals surface area contributed by atoms with Gasteiger partial charge in [-0.2, -0.15) is 0 Å². The number of ether oxygens (including phenoxy) is 1. The van der Waals surface area contributed by atoms with Gasteiger partial charge in [0.05, 0.1) is 33.9 Å². The lowest BCUT2D eigenvalue weighted by molar-refractivity contribution is -0.154. The molecule has 35 heavy (non-hydrogen) atoms. The molecule has 4 aliphatic heterocycles. The van der Waals surface area contributed by atoms with Gasteiger partial charge in [-0.25, -0.2) is 0 Å². The van der Waals surface area contributed by atoms with Gasteiger partial charge in [-0.3, -0.25) is 14.4 Å². The Balaban J connectivity index is 1.63. The number of thioether (sulfide) groups is 1. The molecule has 0 saturated carbocycles. The number of hydrogen-bond donors (Lipinski definition) is 1. The molecule has 1 spiro atoms. The van der Waals surface area contributed by atoms with Gasteiger partial charge in [-0.15, -0.1) is 11.8 Å². The van der Waals surface area contributed by atoms with Crippen LogP contribution >= 0.6 is 23.4 Å². The lowest BCUT2D eigenvalue weighted by atomic mass is 9.74. The molecule has 186 valence electrons. The fraction of sp³-hybridized carbons (Fsp3) is 0.500. The summed E-state index contributed by atoms with van der Waals surface area (Å²) in [5, 5.41) is 9.78. The van der Waals surface area contributed by atoms with Crippen molar-refractivity contribution >= 4 is 46.8 Å². The first-order chi connectivity index (χ1) is 16.8. The van der Waals surface area contributed by atoms with E-state index < -0.39 is 27.4 Å². The summed E-state index contributed by atoms with van der Waals surface area (Å²) in [6.07, 6.45) is 9.61. The van der Waals surface area contributed by atoms with E-state index in [1.807, 2.05) is 43.4 Å². The molecule has 5 atom stereocenters. The van der Waals surface area contributed by atoms with E-state index in [9.17, 15) is 19.5 Å². The number of hydrogen-bond acceptors (Lipinski definition) is 6. The fourth-order valence-corrected chi connectivity index (χ4v) is 8.40. The Morgan fingerprint density at radius 2 is 1.91 bits per heavy atom. The number of rotatable bonds is 5. The van der Waals surface area contributed by atoms with Crippen LogP contribution in [0.5, 0.6) is 0 Å². The van der Waals surface area contributed by atoms with Crippen LogP contribution in [-0.4, -0.2) is 69.6 Å². The smallest absolute Gasteiger partial charge is 0.311 e. The maximum Gasteiger partial charge on any atom is 0.311 e. The van der Waals surface area contributed by atoms with E-state index >= 15 is 0 Å². The minimum atomic E-state index is -0.920. The number of esters is 1. The first-order valence-corrected chi connectivity index (χ1v) is 13.2. The quantitative estimate of drug-likeness (QED) is 0.367. The second-order valence-corrected chi connectivity index (χ2v) is 11.8. The molecule has 1 N–H and O–H groups in total. The Labute approximate surface area is 214 Å². The van der Waals surface area contributed by atoms with E-state index in [4.69, 9.17) is 16.3 Å². The number of carbonyl (C=O) groups is 3. The number of cyclic esters (lactones) is 1. The first kappa shape index (κ1) is 24.4. The molecule has 2 fully saturated rings. The van der Waals surface area contributed by atoms with Gasteiger partial charge in [0.1, 0.15) is 6.04 Å². The van der Waals surface area contributed by atoms with Crippen molar-refractivity contribution in [2.24, 2.45) is 11.8 Å². The van der Waals surface area contributed by atoms with E-state index in [1.54, 1.807) is 21.9 Å². The second kappa shape index (κ2) is 9.30. The van der Waals surface area contributed by atoms with Crippen LogP contribution in [0.1, 0.15) is 26.2 Å². The van der Waals surface area contributed by atoms with Crippen LogP contribution in [0.3, 0.4) is 0 Å². The summed E-state index contributed by atoms with van der Waals surface area (Å²) in [5.74, 6) is -2.24. The number of unbranched alkanes of at least 4 members (excludes halogenated alkanes) is 1. The molecular weight excluding hydrogens is 488 g/mol. The minimum Gasteiger partial charge on any atom is -0.465 e. The maximum absolute atomic E-state index is 14.3. The average molecular weight is 517 g/mol. The highest BCUT2D eigenvalue weighted by molar-refractivity contribution is 8.02. The van der Waals surface area contributed by atoms with Crippen LogP contribution in [0.2, 0.25) is 5.02 Å². The molecule has 5 rings (SSSR count). The number of fused-ring (bicyclic) bond motifs is 2. The topological polar surface area (TPSA) is 87.1 Å². The zero-order chi connectivity index (χ0) is 24.8. The third-order valence-electron chi connectivity index (χ3n) is 7.47. The number of nitrogens with zero attached hydrogens (tertiary/aromatic N) is 2. The summed E-state index contributed by atoms with van der Waals surface area (Å²) in [4.78, 5) is 44.8. The van der Waals surface area contributed by atoms with E-state index in [2.05, 4.69) is 0 Å². The summed E-state index contributed by atoms with van der Waals surface area (Å²) >= 11 is 7.99. The summed E-state index contributed by atoms with van der Waals surface area (Å²) in [6, 6.07) is 6.38. The Kier molecular flexibility index (Phi) is 6.48. The third kappa shape index (κ3) is 3.81. The molecule has 0 aliphatic carbocycles.